The van der Waals surface area contributed by atoms with E-state index >= 15 is 0 Å². The topological polar surface area (TPSA) is 57.6 Å². The largest absolute Gasteiger partial charge is 0.395 e. The normalized spacial score (nSPS) is 33.8. The predicted octanol–water partition coefficient (Wildman–Crippen LogP) is 0.676. The molecule has 2 saturated carbocycles. The van der Waals surface area contributed by atoms with Crippen molar-refractivity contribution in [2.75, 3.05) is 26.0 Å². The minimum atomic E-state index is -3.23. The van der Waals surface area contributed by atoms with Gasteiger partial charge < -0.3 is 5.11 Å². The maximum absolute atomic E-state index is 11.7. The van der Waals surface area contributed by atoms with E-state index in [1.54, 1.807) is 7.05 Å². The van der Waals surface area contributed by atoms with E-state index in [-0.39, 0.29) is 12.4 Å². The molecule has 94 valence electrons. The molecule has 0 aromatic rings. The van der Waals surface area contributed by atoms with Gasteiger partial charge in [0.25, 0.3) is 0 Å². The molecule has 2 fully saturated rings. The smallest absolute Gasteiger partial charge is 0.216 e. The van der Waals surface area contributed by atoms with Crippen LogP contribution < -0.4 is 0 Å². The van der Waals surface area contributed by atoms with Gasteiger partial charge in [-0.15, -0.1) is 0 Å². The van der Waals surface area contributed by atoms with Crippen LogP contribution in [0.1, 0.15) is 25.7 Å². The van der Waals surface area contributed by atoms with Crippen molar-refractivity contribution in [3.8, 4) is 0 Å². The van der Waals surface area contributed by atoms with Crippen LogP contribution in [0.4, 0.5) is 0 Å². The Balaban J connectivity index is 1.90. The van der Waals surface area contributed by atoms with Crippen LogP contribution in [0.15, 0.2) is 0 Å². The molecule has 0 saturated heterocycles. The number of fused-ring (bicyclic) bond motifs is 2. The molecule has 2 aliphatic carbocycles. The molecule has 0 radical (unpaired) electrons. The zero-order valence-electron chi connectivity index (χ0n) is 9.80. The van der Waals surface area contributed by atoms with Crippen LogP contribution in [0.3, 0.4) is 0 Å². The lowest BCUT2D eigenvalue weighted by Gasteiger charge is -2.26. The first-order valence-electron chi connectivity index (χ1n) is 6.08. The highest BCUT2D eigenvalue weighted by molar-refractivity contribution is 7.89. The molecule has 0 aromatic heterocycles. The SMILES string of the molecule is CN(CC1CC2CCC1C2)S(=O)(=O)CCO. The van der Waals surface area contributed by atoms with E-state index in [9.17, 15) is 8.42 Å². The van der Waals surface area contributed by atoms with Gasteiger partial charge in [-0.2, -0.15) is 0 Å². The zero-order chi connectivity index (χ0) is 11.8. The quantitative estimate of drug-likeness (QED) is 0.777. The molecule has 2 rings (SSSR count). The molecule has 0 heterocycles. The summed E-state index contributed by atoms with van der Waals surface area (Å²) in [7, 11) is -1.60. The first-order chi connectivity index (χ1) is 7.53. The summed E-state index contributed by atoms with van der Waals surface area (Å²) in [6.45, 7) is 0.354. The average molecular weight is 247 g/mol. The lowest BCUT2D eigenvalue weighted by Crippen LogP contribution is -2.36. The third-order valence-electron chi connectivity index (χ3n) is 4.20. The molecule has 0 amide bonds. The van der Waals surface area contributed by atoms with Crippen molar-refractivity contribution >= 4 is 10.0 Å². The van der Waals surface area contributed by atoms with E-state index in [2.05, 4.69) is 0 Å². The fourth-order valence-electron chi connectivity index (χ4n) is 3.32. The third-order valence-corrected chi connectivity index (χ3v) is 6.00. The highest BCUT2D eigenvalue weighted by Gasteiger charge is 2.40. The molecule has 3 unspecified atom stereocenters. The van der Waals surface area contributed by atoms with E-state index in [4.69, 9.17) is 5.11 Å². The van der Waals surface area contributed by atoms with Gasteiger partial charge in [-0.05, 0) is 37.0 Å². The number of sulfonamides is 1. The summed E-state index contributed by atoms with van der Waals surface area (Å²) in [4.78, 5) is 0. The second kappa shape index (κ2) is 4.63. The molecule has 5 heteroatoms. The summed E-state index contributed by atoms with van der Waals surface area (Å²) < 4.78 is 24.8. The molecule has 3 atom stereocenters. The lowest BCUT2D eigenvalue weighted by atomic mass is 9.89. The van der Waals surface area contributed by atoms with Gasteiger partial charge in [-0.25, -0.2) is 12.7 Å². The van der Waals surface area contributed by atoms with Crippen LogP contribution in [0.5, 0.6) is 0 Å². The highest BCUT2D eigenvalue weighted by atomic mass is 32.2. The van der Waals surface area contributed by atoms with Crippen LogP contribution in [0, 0.1) is 17.8 Å². The Labute approximate surface area is 97.7 Å². The maximum atomic E-state index is 11.7. The second-order valence-corrected chi connectivity index (χ2v) is 7.45. The van der Waals surface area contributed by atoms with Crippen LogP contribution in [-0.4, -0.2) is 43.8 Å². The molecule has 16 heavy (non-hydrogen) atoms. The van der Waals surface area contributed by atoms with Gasteiger partial charge in [-0.3, -0.25) is 0 Å². The van der Waals surface area contributed by atoms with Gasteiger partial charge in [-0.1, -0.05) is 6.42 Å². The molecule has 0 aromatic carbocycles. The summed E-state index contributed by atoms with van der Waals surface area (Å²) >= 11 is 0. The summed E-state index contributed by atoms with van der Waals surface area (Å²) in [6, 6.07) is 0. The molecular weight excluding hydrogens is 226 g/mol. The highest BCUT2D eigenvalue weighted by Crippen LogP contribution is 2.48. The number of aliphatic hydroxyl groups excluding tert-OH is 1. The Bertz CT molecular complexity index is 341. The first kappa shape index (κ1) is 12.3. The molecule has 1 N–H and O–H groups in total. The van der Waals surface area contributed by atoms with Crippen LogP contribution in [0.2, 0.25) is 0 Å². The average Bonchev–Trinajstić information content (AvgIpc) is 2.78. The number of hydrogen-bond donors (Lipinski definition) is 1. The number of nitrogens with zero attached hydrogens (tertiary/aromatic N) is 1. The Morgan fingerprint density at radius 1 is 1.31 bits per heavy atom. The number of hydrogen-bond acceptors (Lipinski definition) is 3. The monoisotopic (exact) mass is 247 g/mol. The van der Waals surface area contributed by atoms with Gasteiger partial charge in [0.2, 0.25) is 10.0 Å². The van der Waals surface area contributed by atoms with Gasteiger partial charge >= 0.3 is 0 Å². The third kappa shape index (κ3) is 2.41. The Kier molecular flexibility index (Phi) is 3.56. The zero-order valence-corrected chi connectivity index (χ0v) is 10.6. The van der Waals surface area contributed by atoms with E-state index in [0.717, 1.165) is 11.8 Å². The van der Waals surface area contributed by atoms with Crippen LogP contribution in [0.25, 0.3) is 0 Å². The molecule has 0 aliphatic heterocycles. The van der Waals surface area contributed by atoms with Crippen molar-refractivity contribution < 1.29 is 13.5 Å². The fourth-order valence-corrected chi connectivity index (χ4v) is 4.28. The van der Waals surface area contributed by atoms with Crippen molar-refractivity contribution in [3.05, 3.63) is 0 Å². The van der Waals surface area contributed by atoms with E-state index in [1.807, 2.05) is 0 Å². The van der Waals surface area contributed by atoms with Gasteiger partial charge in [0.1, 0.15) is 0 Å². The minimum absolute atomic E-state index is 0.148. The molecule has 4 nitrogen and oxygen atoms in total. The number of rotatable bonds is 5. The van der Waals surface area contributed by atoms with Gasteiger partial charge in [0.05, 0.1) is 12.4 Å². The Hall–Kier alpha value is -0.130. The van der Waals surface area contributed by atoms with Crippen LogP contribution in [-0.2, 0) is 10.0 Å². The summed E-state index contributed by atoms with van der Waals surface area (Å²) in [6.07, 6.45) is 5.12. The van der Waals surface area contributed by atoms with Crippen molar-refractivity contribution in [3.63, 3.8) is 0 Å². The fraction of sp³-hybridized carbons (Fsp3) is 1.00. The van der Waals surface area contributed by atoms with Crippen molar-refractivity contribution in [2.24, 2.45) is 17.8 Å². The summed E-state index contributed by atoms with van der Waals surface area (Å²) in [5, 5.41) is 8.71. The Morgan fingerprint density at radius 2 is 2.06 bits per heavy atom. The molecular formula is C11H21NO3S. The number of aliphatic hydroxyl groups is 1. The van der Waals surface area contributed by atoms with Gasteiger partial charge in [0, 0.05) is 13.6 Å². The molecule has 2 aliphatic rings. The molecule has 0 spiro atoms. The van der Waals surface area contributed by atoms with Crippen molar-refractivity contribution in [2.45, 2.75) is 25.7 Å². The van der Waals surface area contributed by atoms with E-state index in [1.165, 1.54) is 30.0 Å². The second-order valence-electron chi connectivity index (χ2n) is 5.26. The predicted molar refractivity (Wildman–Crippen MR) is 62.4 cm³/mol. The van der Waals surface area contributed by atoms with Crippen molar-refractivity contribution in [1.29, 1.82) is 0 Å². The Morgan fingerprint density at radius 3 is 2.56 bits per heavy atom. The van der Waals surface area contributed by atoms with Gasteiger partial charge in [0.15, 0.2) is 0 Å². The lowest BCUT2D eigenvalue weighted by molar-refractivity contribution is 0.276. The van der Waals surface area contributed by atoms with E-state index < -0.39 is 10.0 Å². The minimum Gasteiger partial charge on any atom is -0.395 e. The molecule has 2 bridgehead atoms. The van der Waals surface area contributed by atoms with Crippen molar-refractivity contribution in [1.82, 2.24) is 4.31 Å². The summed E-state index contributed by atoms with van der Waals surface area (Å²) in [5.41, 5.74) is 0. The van der Waals surface area contributed by atoms with E-state index in [0.29, 0.717) is 12.5 Å². The standard InChI is InChI=1S/C11H21NO3S/c1-12(16(14,15)5-4-13)8-11-7-9-2-3-10(11)6-9/h9-11,13H,2-8H2,1H3. The first-order valence-corrected chi connectivity index (χ1v) is 7.68. The maximum Gasteiger partial charge on any atom is 0.216 e. The van der Waals surface area contributed by atoms with Crippen LogP contribution >= 0.6 is 0 Å². The summed E-state index contributed by atoms with van der Waals surface area (Å²) in [5.74, 6) is 2.00.